The van der Waals surface area contributed by atoms with Gasteiger partial charge in [-0.1, -0.05) is 0 Å². The van der Waals surface area contributed by atoms with Crippen molar-refractivity contribution in [3.8, 4) is 0 Å². The summed E-state index contributed by atoms with van der Waals surface area (Å²) in [5.41, 5.74) is 0.701. The molecule has 0 N–H and O–H groups in total. The number of carbonyl (C=O) groups is 3. The van der Waals surface area contributed by atoms with Crippen molar-refractivity contribution in [3.63, 3.8) is 0 Å². The molecule has 66 valence electrons. The zero-order valence-corrected chi connectivity index (χ0v) is 7.03. The van der Waals surface area contributed by atoms with Crippen LogP contribution in [0.2, 0.25) is 0 Å². The van der Waals surface area contributed by atoms with E-state index in [1.54, 1.807) is 0 Å². The van der Waals surface area contributed by atoms with Crippen molar-refractivity contribution < 1.29 is 14.4 Å². The number of rotatable bonds is 0. The highest BCUT2D eigenvalue weighted by Gasteiger charge is 2.36. The van der Waals surface area contributed by atoms with Gasteiger partial charge in [-0.05, 0) is 12.2 Å². The molecule has 4 nitrogen and oxygen atoms in total. The van der Waals surface area contributed by atoms with E-state index in [9.17, 15) is 14.4 Å². The molecule has 0 unspecified atom stereocenters. The lowest BCUT2D eigenvalue weighted by Gasteiger charge is -2.04. The van der Waals surface area contributed by atoms with E-state index >= 15 is 0 Å². The molecule has 2 amide bonds. The summed E-state index contributed by atoms with van der Waals surface area (Å²) in [6.07, 6.45) is 2.81. The van der Waals surface area contributed by atoms with Crippen molar-refractivity contribution in [2.24, 2.45) is 0 Å². The van der Waals surface area contributed by atoms with Crippen LogP contribution in [0, 0.1) is 0 Å². The minimum Gasteiger partial charge on any atom is -0.294 e. The molecule has 1 aliphatic heterocycles. The van der Waals surface area contributed by atoms with Crippen LogP contribution in [-0.2, 0) is 14.4 Å². The maximum Gasteiger partial charge on any atom is 0.260 e. The van der Waals surface area contributed by atoms with Gasteiger partial charge < -0.3 is 0 Å². The van der Waals surface area contributed by atoms with Crippen LogP contribution in [0.4, 0.5) is 0 Å². The Bertz CT molecular complexity index is 390. The van der Waals surface area contributed by atoms with Gasteiger partial charge in [-0.15, -0.1) is 0 Å². The Morgan fingerprint density at radius 2 is 1.85 bits per heavy atom. The quantitative estimate of drug-likeness (QED) is 0.482. The summed E-state index contributed by atoms with van der Waals surface area (Å²) in [6, 6.07) is 0. The van der Waals surface area contributed by atoms with E-state index in [2.05, 4.69) is 0 Å². The monoisotopic (exact) mass is 177 g/mol. The molecule has 4 heteroatoms. The second-order valence-electron chi connectivity index (χ2n) is 3.04. The lowest BCUT2D eigenvalue weighted by molar-refractivity contribution is -0.136. The molecule has 0 saturated carbocycles. The summed E-state index contributed by atoms with van der Waals surface area (Å²) in [4.78, 5) is 34.7. The van der Waals surface area contributed by atoms with Gasteiger partial charge in [0.1, 0.15) is 0 Å². The van der Waals surface area contributed by atoms with E-state index in [4.69, 9.17) is 0 Å². The number of amides is 2. The van der Waals surface area contributed by atoms with Crippen molar-refractivity contribution in [2.45, 2.75) is 6.42 Å². The fraction of sp³-hybridized carbons (Fsp3) is 0.222. The first-order valence-corrected chi connectivity index (χ1v) is 3.87. The summed E-state index contributed by atoms with van der Waals surface area (Å²) in [7, 11) is 1.42. The SMILES string of the molecule is CN1C(=O)C2=C(CC(=O)C=C2)C1=O. The third-order valence-corrected chi connectivity index (χ3v) is 2.21. The molecule has 2 rings (SSSR count). The van der Waals surface area contributed by atoms with Crippen LogP contribution in [0.1, 0.15) is 6.42 Å². The van der Waals surface area contributed by atoms with Gasteiger partial charge in [0.2, 0.25) is 0 Å². The third-order valence-electron chi connectivity index (χ3n) is 2.21. The average molecular weight is 177 g/mol. The van der Waals surface area contributed by atoms with Crippen LogP contribution in [0.5, 0.6) is 0 Å². The Morgan fingerprint density at radius 3 is 2.54 bits per heavy atom. The Balaban J connectivity index is 2.50. The Hall–Kier alpha value is -1.71. The highest BCUT2D eigenvalue weighted by molar-refractivity contribution is 6.23. The van der Waals surface area contributed by atoms with Crippen LogP contribution in [0.25, 0.3) is 0 Å². The smallest absolute Gasteiger partial charge is 0.260 e. The van der Waals surface area contributed by atoms with Crippen LogP contribution in [0.3, 0.4) is 0 Å². The Morgan fingerprint density at radius 1 is 1.15 bits per heavy atom. The van der Waals surface area contributed by atoms with Crippen molar-refractivity contribution >= 4 is 17.6 Å². The molecule has 2 aliphatic rings. The molecular weight excluding hydrogens is 170 g/mol. The Labute approximate surface area is 74.5 Å². The topological polar surface area (TPSA) is 54.5 Å². The molecule has 0 aromatic carbocycles. The largest absolute Gasteiger partial charge is 0.294 e. The van der Waals surface area contributed by atoms with E-state index in [1.807, 2.05) is 0 Å². The highest BCUT2D eigenvalue weighted by atomic mass is 16.2. The number of likely N-dealkylation sites (N-methyl/N-ethyl adjacent to an activating group) is 1. The maximum absolute atomic E-state index is 11.4. The second kappa shape index (κ2) is 2.39. The van der Waals surface area contributed by atoms with Crippen molar-refractivity contribution in [1.82, 2.24) is 4.90 Å². The standard InChI is InChI=1S/C9H7NO3/c1-10-8(12)6-3-2-5(11)4-7(6)9(10)13/h2-3H,4H2,1H3. The summed E-state index contributed by atoms with van der Waals surface area (Å²) < 4.78 is 0. The van der Waals surface area contributed by atoms with Gasteiger partial charge in [0.15, 0.2) is 5.78 Å². The predicted molar refractivity (Wildman–Crippen MR) is 43.6 cm³/mol. The number of nitrogens with zero attached hydrogens (tertiary/aromatic N) is 1. The van der Waals surface area contributed by atoms with Gasteiger partial charge in [-0.2, -0.15) is 0 Å². The predicted octanol–water partition coefficient (Wildman–Crippen LogP) is -0.189. The first kappa shape index (κ1) is 7.91. The van der Waals surface area contributed by atoms with Gasteiger partial charge in [-0.25, -0.2) is 0 Å². The minimum atomic E-state index is -0.349. The second-order valence-corrected chi connectivity index (χ2v) is 3.04. The summed E-state index contributed by atoms with van der Waals surface area (Å²) in [5, 5.41) is 0. The number of ketones is 1. The van der Waals surface area contributed by atoms with Crippen LogP contribution >= 0.6 is 0 Å². The zero-order valence-electron chi connectivity index (χ0n) is 7.03. The first-order chi connectivity index (χ1) is 6.11. The summed E-state index contributed by atoms with van der Waals surface area (Å²) >= 11 is 0. The molecule has 0 atom stereocenters. The number of imide groups is 1. The molecular formula is C9H7NO3. The average Bonchev–Trinajstić information content (AvgIpc) is 2.32. The van der Waals surface area contributed by atoms with Gasteiger partial charge in [-0.3, -0.25) is 19.3 Å². The van der Waals surface area contributed by atoms with E-state index in [0.717, 1.165) is 4.90 Å². The van der Waals surface area contributed by atoms with Crippen molar-refractivity contribution in [1.29, 1.82) is 0 Å². The first-order valence-electron chi connectivity index (χ1n) is 3.87. The van der Waals surface area contributed by atoms with Gasteiger partial charge >= 0.3 is 0 Å². The Kier molecular flexibility index (Phi) is 1.45. The van der Waals surface area contributed by atoms with E-state index < -0.39 is 0 Å². The normalized spacial score (nSPS) is 21.6. The van der Waals surface area contributed by atoms with E-state index in [1.165, 1.54) is 19.2 Å². The molecule has 0 aromatic rings. The molecule has 0 radical (unpaired) electrons. The number of hydrogen-bond acceptors (Lipinski definition) is 3. The van der Waals surface area contributed by atoms with Gasteiger partial charge in [0.25, 0.3) is 11.8 Å². The molecule has 1 heterocycles. The van der Waals surface area contributed by atoms with E-state index in [0.29, 0.717) is 11.1 Å². The van der Waals surface area contributed by atoms with Gasteiger partial charge in [0, 0.05) is 24.6 Å². The number of carbonyl (C=O) groups excluding carboxylic acids is 3. The van der Waals surface area contributed by atoms with Crippen molar-refractivity contribution in [3.05, 3.63) is 23.3 Å². The molecule has 0 fully saturated rings. The summed E-state index contributed by atoms with van der Waals surface area (Å²) in [5.74, 6) is -0.795. The van der Waals surface area contributed by atoms with Gasteiger partial charge in [0.05, 0.1) is 0 Å². The molecule has 13 heavy (non-hydrogen) atoms. The van der Waals surface area contributed by atoms with E-state index in [-0.39, 0.29) is 24.0 Å². The third kappa shape index (κ3) is 0.950. The molecule has 0 spiro atoms. The zero-order chi connectivity index (χ0) is 9.59. The lowest BCUT2D eigenvalue weighted by Crippen LogP contribution is -2.26. The van der Waals surface area contributed by atoms with Crippen LogP contribution in [0.15, 0.2) is 23.3 Å². The fourth-order valence-corrected chi connectivity index (χ4v) is 1.47. The fourth-order valence-electron chi connectivity index (χ4n) is 1.47. The minimum absolute atomic E-state index is 0.0563. The number of allylic oxidation sites excluding steroid dienone is 1. The van der Waals surface area contributed by atoms with Crippen LogP contribution in [-0.4, -0.2) is 29.5 Å². The maximum atomic E-state index is 11.4. The molecule has 0 bridgehead atoms. The van der Waals surface area contributed by atoms with Crippen LogP contribution < -0.4 is 0 Å². The summed E-state index contributed by atoms with van der Waals surface area (Å²) in [6.45, 7) is 0. The number of hydrogen-bond donors (Lipinski definition) is 0. The van der Waals surface area contributed by atoms with Crippen molar-refractivity contribution in [2.75, 3.05) is 7.05 Å². The highest BCUT2D eigenvalue weighted by Crippen LogP contribution is 2.26. The molecule has 1 aliphatic carbocycles. The lowest BCUT2D eigenvalue weighted by atomic mass is 9.99. The molecule has 0 saturated heterocycles. The molecule has 0 aromatic heterocycles.